The molecule has 1 N–H and O–H groups in total. The van der Waals surface area contributed by atoms with E-state index in [0.29, 0.717) is 36.8 Å². The number of rotatable bonds is 7. The van der Waals surface area contributed by atoms with Crippen LogP contribution < -0.4 is 19.1 Å². The summed E-state index contributed by atoms with van der Waals surface area (Å²) in [6, 6.07) is 12.9. The van der Waals surface area contributed by atoms with Crippen molar-refractivity contribution in [2.24, 2.45) is 0 Å². The van der Waals surface area contributed by atoms with E-state index in [1.54, 1.807) is 36.4 Å². The molecule has 0 atom stereocenters. The highest BCUT2D eigenvalue weighted by Crippen LogP contribution is 2.35. The van der Waals surface area contributed by atoms with Crippen molar-refractivity contribution in [2.45, 2.75) is 37.6 Å². The number of hydrogen-bond acceptors (Lipinski definition) is 5. The minimum Gasteiger partial charge on any atom is -0.486 e. The van der Waals surface area contributed by atoms with Gasteiger partial charge in [0.25, 0.3) is 10.0 Å². The van der Waals surface area contributed by atoms with E-state index in [2.05, 4.69) is 5.32 Å². The van der Waals surface area contributed by atoms with Gasteiger partial charge in [-0.2, -0.15) is 0 Å². The first-order valence-corrected chi connectivity index (χ1v) is 11.0. The van der Waals surface area contributed by atoms with Crippen LogP contribution in [0.1, 0.15) is 27.2 Å². The summed E-state index contributed by atoms with van der Waals surface area (Å²) in [6.07, 6.45) is 0.716. The normalized spacial score (nSPS) is 13.6. The molecule has 2 aromatic rings. The molecule has 1 heterocycles. The SMILES string of the molecule is CCC(C)(C)NC(=O)CN(c1ccc2c(c1)OCCO2)S(=O)(=O)c1ccccc1. The van der Waals surface area contributed by atoms with Gasteiger partial charge in [0.1, 0.15) is 19.8 Å². The minimum atomic E-state index is -3.96. The fraction of sp³-hybridized carbons (Fsp3) is 0.381. The highest BCUT2D eigenvalue weighted by Gasteiger charge is 2.30. The maximum Gasteiger partial charge on any atom is 0.264 e. The second kappa shape index (κ2) is 8.32. The average Bonchev–Trinajstić information content (AvgIpc) is 2.72. The highest BCUT2D eigenvalue weighted by atomic mass is 32.2. The second-order valence-electron chi connectivity index (χ2n) is 7.44. The summed E-state index contributed by atoms with van der Waals surface area (Å²) in [5.74, 6) is 0.621. The molecule has 0 aromatic heterocycles. The van der Waals surface area contributed by atoms with Crippen LogP contribution in [0.25, 0.3) is 0 Å². The van der Waals surface area contributed by atoms with Crippen molar-refractivity contribution in [2.75, 3.05) is 24.1 Å². The molecule has 0 bridgehead atoms. The van der Waals surface area contributed by atoms with Crippen LogP contribution in [0.5, 0.6) is 11.5 Å². The molecule has 7 nitrogen and oxygen atoms in total. The lowest BCUT2D eigenvalue weighted by molar-refractivity contribution is -0.121. The number of hydrogen-bond donors (Lipinski definition) is 1. The molecule has 1 aliphatic rings. The number of ether oxygens (including phenoxy) is 2. The van der Waals surface area contributed by atoms with Crippen LogP contribution in [0.2, 0.25) is 0 Å². The summed E-state index contributed by atoms with van der Waals surface area (Å²) < 4.78 is 38.9. The Morgan fingerprint density at radius 2 is 1.72 bits per heavy atom. The van der Waals surface area contributed by atoms with E-state index in [9.17, 15) is 13.2 Å². The number of carbonyl (C=O) groups excluding carboxylic acids is 1. The van der Waals surface area contributed by atoms with Gasteiger partial charge in [-0.3, -0.25) is 9.10 Å². The number of fused-ring (bicyclic) bond motifs is 1. The number of benzene rings is 2. The minimum absolute atomic E-state index is 0.109. The zero-order chi connectivity index (χ0) is 21.1. The van der Waals surface area contributed by atoms with Gasteiger partial charge in [-0.05, 0) is 44.5 Å². The van der Waals surface area contributed by atoms with Gasteiger partial charge in [-0.15, -0.1) is 0 Å². The van der Waals surface area contributed by atoms with E-state index >= 15 is 0 Å². The number of nitrogens with one attached hydrogen (secondary N) is 1. The number of nitrogens with zero attached hydrogens (tertiary/aromatic N) is 1. The van der Waals surface area contributed by atoms with Crippen molar-refractivity contribution in [3.8, 4) is 11.5 Å². The topological polar surface area (TPSA) is 84.9 Å². The van der Waals surface area contributed by atoms with Crippen molar-refractivity contribution in [3.63, 3.8) is 0 Å². The van der Waals surface area contributed by atoms with Crippen molar-refractivity contribution in [3.05, 3.63) is 48.5 Å². The van der Waals surface area contributed by atoms with Crippen LogP contribution in [0.4, 0.5) is 5.69 Å². The lowest BCUT2D eigenvalue weighted by atomic mass is 10.0. The molecule has 0 spiro atoms. The third-order valence-electron chi connectivity index (χ3n) is 4.79. The molecular weight excluding hydrogens is 392 g/mol. The third kappa shape index (κ3) is 4.82. The molecule has 0 radical (unpaired) electrons. The molecule has 0 unspecified atom stereocenters. The third-order valence-corrected chi connectivity index (χ3v) is 6.58. The molecule has 2 aromatic carbocycles. The van der Waals surface area contributed by atoms with Crippen molar-refractivity contribution in [1.29, 1.82) is 0 Å². The fourth-order valence-electron chi connectivity index (χ4n) is 2.86. The molecule has 3 rings (SSSR count). The van der Waals surface area contributed by atoms with Crippen molar-refractivity contribution >= 4 is 21.6 Å². The number of carbonyl (C=O) groups is 1. The Morgan fingerprint density at radius 3 is 2.38 bits per heavy atom. The largest absolute Gasteiger partial charge is 0.486 e. The van der Waals surface area contributed by atoms with E-state index in [4.69, 9.17) is 9.47 Å². The molecule has 1 amide bonds. The van der Waals surface area contributed by atoms with Gasteiger partial charge in [-0.1, -0.05) is 25.1 Å². The number of sulfonamides is 1. The molecule has 0 fully saturated rings. The molecule has 0 saturated heterocycles. The summed E-state index contributed by atoms with van der Waals surface area (Å²) in [5, 5.41) is 2.89. The van der Waals surface area contributed by atoms with Gasteiger partial charge in [0.2, 0.25) is 5.91 Å². The summed E-state index contributed by atoms with van der Waals surface area (Å²) >= 11 is 0. The first-order chi connectivity index (χ1) is 13.7. The molecule has 1 aliphatic heterocycles. The van der Waals surface area contributed by atoms with Crippen LogP contribution >= 0.6 is 0 Å². The van der Waals surface area contributed by atoms with Gasteiger partial charge in [0.15, 0.2) is 11.5 Å². The Kier molecular flexibility index (Phi) is 6.02. The summed E-state index contributed by atoms with van der Waals surface area (Å²) in [4.78, 5) is 12.8. The first kappa shape index (κ1) is 21.0. The smallest absolute Gasteiger partial charge is 0.264 e. The number of anilines is 1. The maximum absolute atomic E-state index is 13.3. The highest BCUT2D eigenvalue weighted by molar-refractivity contribution is 7.92. The van der Waals surface area contributed by atoms with E-state index in [1.165, 1.54) is 12.1 Å². The number of amides is 1. The van der Waals surface area contributed by atoms with Gasteiger partial charge in [-0.25, -0.2) is 8.42 Å². The Labute approximate surface area is 171 Å². The van der Waals surface area contributed by atoms with Crippen LogP contribution in [-0.4, -0.2) is 39.6 Å². The van der Waals surface area contributed by atoms with Crippen molar-refractivity contribution in [1.82, 2.24) is 5.32 Å². The Hall–Kier alpha value is -2.74. The van der Waals surface area contributed by atoms with Crippen LogP contribution in [0.3, 0.4) is 0 Å². The summed E-state index contributed by atoms with van der Waals surface area (Å²) in [7, 11) is -3.96. The lowest BCUT2D eigenvalue weighted by Crippen LogP contribution is -2.48. The van der Waals surface area contributed by atoms with Gasteiger partial charge in [0, 0.05) is 11.6 Å². The van der Waals surface area contributed by atoms with Crippen molar-refractivity contribution < 1.29 is 22.7 Å². The average molecular weight is 419 g/mol. The predicted octanol–water partition coefficient (Wildman–Crippen LogP) is 2.96. The van der Waals surface area contributed by atoms with Crippen LogP contribution in [0, 0.1) is 0 Å². The molecule has 0 saturated carbocycles. The Morgan fingerprint density at radius 1 is 1.07 bits per heavy atom. The van der Waals surface area contributed by atoms with E-state index < -0.39 is 15.6 Å². The zero-order valence-corrected chi connectivity index (χ0v) is 17.7. The second-order valence-corrected chi connectivity index (χ2v) is 9.30. The summed E-state index contributed by atoms with van der Waals surface area (Å²) in [5.41, 5.74) is -0.103. The predicted molar refractivity (Wildman–Crippen MR) is 111 cm³/mol. The van der Waals surface area contributed by atoms with E-state index in [0.717, 1.165) is 4.31 Å². The lowest BCUT2D eigenvalue weighted by Gasteiger charge is -2.29. The molecule has 156 valence electrons. The molecule has 29 heavy (non-hydrogen) atoms. The maximum atomic E-state index is 13.3. The standard InChI is InChI=1S/C21H26N2O5S/c1-4-21(2,3)22-20(24)15-23(29(25,26)17-8-6-5-7-9-17)16-10-11-18-19(14-16)28-13-12-27-18/h5-11,14H,4,12-13,15H2,1-3H3,(H,22,24). The quantitative estimate of drug-likeness (QED) is 0.747. The Bertz CT molecular complexity index is 974. The molecule has 0 aliphatic carbocycles. The fourth-order valence-corrected chi connectivity index (χ4v) is 4.29. The summed E-state index contributed by atoms with van der Waals surface area (Å²) in [6.45, 7) is 6.22. The van der Waals surface area contributed by atoms with E-state index in [-0.39, 0.29) is 17.3 Å². The molecular formula is C21H26N2O5S. The van der Waals surface area contributed by atoms with Gasteiger partial charge < -0.3 is 14.8 Å². The monoisotopic (exact) mass is 418 g/mol. The Balaban J connectivity index is 1.99. The van der Waals surface area contributed by atoms with Crippen LogP contribution in [0.15, 0.2) is 53.4 Å². The molecule has 8 heteroatoms. The van der Waals surface area contributed by atoms with Gasteiger partial charge >= 0.3 is 0 Å². The van der Waals surface area contributed by atoms with Crippen LogP contribution in [-0.2, 0) is 14.8 Å². The van der Waals surface area contributed by atoms with Gasteiger partial charge in [0.05, 0.1) is 10.6 Å². The zero-order valence-electron chi connectivity index (χ0n) is 16.8. The van der Waals surface area contributed by atoms with E-state index in [1.807, 2.05) is 20.8 Å². The first-order valence-electron chi connectivity index (χ1n) is 9.51.